The Bertz CT molecular complexity index is 418. The summed E-state index contributed by atoms with van der Waals surface area (Å²) in [7, 11) is 0. The van der Waals surface area contributed by atoms with Gasteiger partial charge in [0, 0.05) is 6.54 Å². The van der Waals surface area contributed by atoms with E-state index in [4.69, 9.17) is 5.11 Å². The Morgan fingerprint density at radius 3 is 2.42 bits per heavy atom. The Labute approximate surface area is 113 Å². The summed E-state index contributed by atoms with van der Waals surface area (Å²) in [6.07, 6.45) is 5.28. The lowest BCUT2D eigenvalue weighted by molar-refractivity contribution is -0.140. The van der Waals surface area contributed by atoms with E-state index in [-0.39, 0.29) is 17.2 Å². The topological polar surface area (TPSA) is 66.4 Å². The highest BCUT2D eigenvalue weighted by Gasteiger charge is 2.65. The molecule has 0 aliphatic heterocycles. The van der Waals surface area contributed by atoms with Crippen molar-refractivity contribution in [2.75, 3.05) is 6.54 Å². The van der Waals surface area contributed by atoms with Gasteiger partial charge in [0.1, 0.15) is 0 Å². The van der Waals surface area contributed by atoms with Gasteiger partial charge in [-0.15, -0.1) is 0 Å². The van der Waals surface area contributed by atoms with Crippen molar-refractivity contribution < 1.29 is 14.7 Å². The normalized spacial score (nSPS) is 42.1. The Morgan fingerprint density at radius 2 is 1.95 bits per heavy atom. The number of nitrogens with one attached hydrogen (secondary N) is 1. The summed E-state index contributed by atoms with van der Waals surface area (Å²) >= 11 is 0. The minimum absolute atomic E-state index is 0.0554. The number of hydrogen-bond acceptors (Lipinski definition) is 2. The molecule has 3 saturated carbocycles. The maximum Gasteiger partial charge on any atom is 0.307 e. The van der Waals surface area contributed by atoms with Gasteiger partial charge in [0.15, 0.2) is 0 Å². The molecular formula is C15H23NO3. The number of fused-ring (bicyclic) bond motifs is 2. The summed E-state index contributed by atoms with van der Waals surface area (Å²) in [5.41, 5.74) is -0.384. The second-order valence-corrected chi connectivity index (χ2v) is 7.30. The first-order valence-corrected chi connectivity index (χ1v) is 7.41. The van der Waals surface area contributed by atoms with Gasteiger partial charge in [-0.3, -0.25) is 9.59 Å². The molecule has 3 aliphatic carbocycles. The second-order valence-electron chi connectivity index (χ2n) is 7.30. The molecule has 0 aromatic carbocycles. The quantitative estimate of drug-likeness (QED) is 0.816. The zero-order valence-corrected chi connectivity index (χ0v) is 11.7. The summed E-state index contributed by atoms with van der Waals surface area (Å²) in [5, 5.41) is 12.1. The molecular weight excluding hydrogens is 242 g/mol. The third kappa shape index (κ3) is 2.05. The third-order valence-electron chi connectivity index (χ3n) is 5.80. The van der Waals surface area contributed by atoms with Crippen molar-refractivity contribution in [2.45, 2.75) is 39.5 Å². The minimum atomic E-state index is -0.843. The third-order valence-corrected chi connectivity index (χ3v) is 5.80. The number of carboxylic acid groups (broad SMARTS) is 1. The highest BCUT2D eigenvalue weighted by atomic mass is 16.4. The van der Waals surface area contributed by atoms with Crippen molar-refractivity contribution in [3.8, 4) is 0 Å². The van der Waals surface area contributed by atoms with Crippen LogP contribution in [-0.2, 0) is 9.59 Å². The van der Waals surface area contributed by atoms with Gasteiger partial charge in [-0.1, -0.05) is 20.3 Å². The van der Waals surface area contributed by atoms with E-state index in [0.717, 1.165) is 18.4 Å². The lowest BCUT2D eigenvalue weighted by atomic mass is 9.89. The largest absolute Gasteiger partial charge is 0.481 e. The molecule has 4 nitrogen and oxygen atoms in total. The molecule has 0 saturated heterocycles. The van der Waals surface area contributed by atoms with Crippen LogP contribution in [0.4, 0.5) is 0 Å². The molecule has 3 rings (SSSR count). The summed E-state index contributed by atoms with van der Waals surface area (Å²) in [5.74, 6) is 0.568. The first kappa shape index (κ1) is 12.9. The van der Waals surface area contributed by atoms with E-state index in [1.165, 1.54) is 25.7 Å². The fourth-order valence-electron chi connectivity index (χ4n) is 4.56. The molecule has 2 bridgehead atoms. The van der Waals surface area contributed by atoms with Crippen LogP contribution >= 0.6 is 0 Å². The molecule has 0 spiro atoms. The van der Waals surface area contributed by atoms with E-state index in [1.54, 1.807) is 0 Å². The SMILES string of the molecule is CC1(C)C(C(=O)O)C1C(=O)NCC1CC2CCC1C2. The van der Waals surface area contributed by atoms with Crippen LogP contribution in [0.25, 0.3) is 0 Å². The molecule has 4 heteroatoms. The lowest BCUT2D eigenvalue weighted by Gasteiger charge is -2.22. The predicted octanol–water partition coefficient (Wildman–Crippen LogP) is 1.90. The molecule has 0 heterocycles. The zero-order valence-electron chi connectivity index (χ0n) is 11.7. The summed E-state index contributed by atoms with van der Waals surface area (Å²) in [6.45, 7) is 4.49. The van der Waals surface area contributed by atoms with Gasteiger partial charge in [-0.2, -0.15) is 0 Å². The molecule has 3 fully saturated rings. The van der Waals surface area contributed by atoms with E-state index >= 15 is 0 Å². The van der Waals surface area contributed by atoms with E-state index in [9.17, 15) is 9.59 Å². The van der Waals surface area contributed by atoms with Crippen molar-refractivity contribution in [1.82, 2.24) is 5.32 Å². The number of rotatable bonds is 4. The van der Waals surface area contributed by atoms with Crippen LogP contribution in [-0.4, -0.2) is 23.5 Å². The van der Waals surface area contributed by atoms with Gasteiger partial charge in [0.25, 0.3) is 0 Å². The van der Waals surface area contributed by atoms with E-state index in [2.05, 4.69) is 5.32 Å². The van der Waals surface area contributed by atoms with Crippen LogP contribution in [0.1, 0.15) is 39.5 Å². The van der Waals surface area contributed by atoms with Gasteiger partial charge in [-0.05, 0) is 42.4 Å². The number of amides is 1. The Balaban J connectivity index is 1.51. The number of carboxylic acids is 1. The van der Waals surface area contributed by atoms with Gasteiger partial charge in [0.05, 0.1) is 11.8 Å². The predicted molar refractivity (Wildman–Crippen MR) is 70.3 cm³/mol. The maximum atomic E-state index is 12.1. The Morgan fingerprint density at radius 1 is 1.21 bits per heavy atom. The molecule has 2 N–H and O–H groups in total. The first-order chi connectivity index (χ1) is 8.91. The molecule has 0 aromatic heterocycles. The fourth-order valence-corrected chi connectivity index (χ4v) is 4.56. The van der Waals surface area contributed by atoms with Crippen LogP contribution in [0.5, 0.6) is 0 Å². The van der Waals surface area contributed by atoms with Gasteiger partial charge >= 0.3 is 5.97 Å². The van der Waals surface area contributed by atoms with Crippen LogP contribution < -0.4 is 5.32 Å². The van der Waals surface area contributed by atoms with Crippen LogP contribution in [0, 0.1) is 35.0 Å². The average Bonchev–Trinajstić information content (AvgIpc) is 2.73. The second kappa shape index (κ2) is 4.22. The first-order valence-electron chi connectivity index (χ1n) is 7.41. The van der Waals surface area contributed by atoms with Crippen LogP contribution in [0.3, 0.4) is 0 Å². The van der Waals surface area contributed by atoms with Crippen molar-refractivity contribution in [3.63, 3.8) is 0 Å². The summed E-state index contributed by atoms with van der Waals surface area (Å²) in [6, 6.07) is 0. The zero-order chi connectivity index (χ0) is 13.8. The van der Waals surface area contributed by atoms with E-state index in [0.29, 0.717) is 5.92 Å². The van der Waals surface area contributed by atoms with Gasteiger partial charge in [0.2, 0.25) is 5.91 Å². The Kier molecular flexibility index (Phi) is 2.88. The highest BCUT2D eigenvalue weighted by Crippen LogP contribution is 2.58. The Hall–Kier alpha value is -1.06. The van der Waals surface area contributed by atoms with Crippen molar-refractivity contribution in [3.05, 3.63) is 0 Å². The lowest BCUT2D eigenvalue weighted by Crippen LogP contribution is -2.33. The minimum Gasteiger partial charge on any atom is -0.481 e. The van der Waals surface area contributed by atoms with E-state index in [1.807, 2.05) is 13.8 Å². The maximum absolute atomic E-state index is 12.1. The van der Waals surface area contributed by atoms with Crippen molar-refractivity contribution >= 4 is 11.9 Å². The molecule has 5 atom stereocenters. The standard InChI is InChI=1S/C15H23NO3/c1-15(2)11(12(15)14(18)19)13(17)16-7-10-6-8-3-4-9(10)5-8/h8-12H,3-7H2,1-2H3,(H,16,17)(H,18,19). The molecule has 5 unspecified atom stereocenters. The number of hydrogen-bond donors (Lipinski definition) is 2. The molecule has 0 aromatic rings. The van der Waals surface area contributed by atoms with Crippen molar-refractivity contribution in [1.29, 1.82) is 0 Å². The number of carbonyl (C=O) groups excluding carboxylic acids is 1. The highest BCUT2D eigenvalue weighted by molar-refractivity contribution is 5.91. The smallest absolute Gasteiger partial charge is 0.307 e. The average molecular weight is 265 g/mol. The molecule has 3 aliphatic rings. The van der Waals surface area contributed by atoms with Gasteiger partial charge in [-0.25, -0.2) is 0 Å². The van der Waals surface area contributed by atoms with E-state index < -0.39 is 11.9 Å². The molecule has 106 valence electrons. The fraction of sp³-hybridized carbons (Fsp3) is 0.867. The number of aliphatic carboxylic acids is 1. The van der Waals surface area contributed by atoms with Crippen LogP contribution in [0.15, 0.2) is 0 Å². The van der Waals surface area contributed by atoms with Crippen molar-refractivity contribution in [2.24, 2.45) is 35.0 Å². The number of carbonyl (C=O) groups is 2. The van der Waals surface area contributed by atoms with Crippen LogP contribution in [0.2, 0.25) is 0 Å². The molecule has 1 amide bonds. The molecule has 0 radical (unpaired) electrons. The summed E-state index contributed by atoms with van der Waals surface area (Å²) in [4.78, 5) is 23.2. The summed E-state index contributed by atoms with van der Waals surface area (Å²) < 4.78 is 0. The monoisotopic (exact) mass is 265 g/mol. The molecule has 19 heavy (non-hydrogen) atoms. The van der Waals surface area contributed by atoms with Gasteiger partial charge < -0.3 is 10.4 Å².